The van der Waals surface area contributed by atoms with Crippen LogP contribution in [0.5, 0.6) is 0 Å². The number of hydrogen-bond acceptors (Lipinski definition) is 2. The SMILES string of the molecule is OC1CC(CNCC2CCCCCC2)C1. The quantitative estimate of drug-likeness (QED) is 0.699. The second-order valence-electron chi connectivity index (χ2n) is 5.51. The van der Waals surface area contributed by atoms with Crippen molar-refractivity contribution in [1.29, 1.82) is 0 Å². The molecule has 2 saturated carbocycles. The summed E-state index contributed by atoms with van der Waals surface area (Å²) in [6.07, 6.45) is 10.7. The van der Waals surface area contributed by atoms with Crippen LogP contribution in [-0.4, -0.2) is 24.3 Å². The van der Waals surface area contributed by atoms with Gasteiger partial charge in [-0.1, -0.05) is 25.7 Å². The Labute approximate surface area is 93.5 Å². The largest absolute Gasteiger partial charge is 0.393 e. The van der Waals surface area contributed by atoms with Gasteiger partial charge in [0.1, 0.15) is 0 Å². The molecular weight excluding hydrogens is 186 g/mol. The Bertz CT molecular complexity index is 169. The lowest BCUT2D eigenvalue weighted by Crippen LogP contribution is -2.37. The number of nitrogens with one attached hydrogen (secondary N) is 1. The zero-order chi connectivity index (χ0) is 10.5. The van der Waals surface area contributed by atoms with E-state index >= 15 is 0 Å². The van der Waals surface area contributed by atoms with Crippen LogP contribution in [0.1, 0.15) is 51.4 Å². The standard InChI is InChI=1S/C13H25NO/c15-13-7-12(8-13)10-14-9-11-5-3-1-2-4-6-11/h11-15H,1-10H2. The summed E-state index contributed by atoms with van der Waals surface area (Å²) in [4.78, 5) is 0. The molecule has 0 aromatic carbocycles. The zero-order valence-corrected chi connectivity index (χ0v) is 9.75. The summed E-state index contributed by atoms with van der Waals surface area (Å²) in [7, 11) is 0. The molecule has 0 bridgehead atoms. The highest BCUT2D eigenvalue weighted by molar-refractivity contribution is 4.80. The molecule has 0 heterocycles. The molecule has 0 radical (unpaired) electrons. The maximum atomic E-state index is 9.18. The van der Waals surface area contributed by atoms with Gasteiger partial charge in [-0.25, -0.2) is 0 Å². The Kier molecular flexibility index (Phi) is 4.45. The van der Waals surface area contributed by atoms with Crippen LogP contribution < -0.4 is 5.32 Å². The summed E-state index contributed by atoms with van der Waals surface area (Å²) in [5, 5.41) is 12.8. The third-order valence-corrected chi connectivity index (χ3v) is 4.05. The van der Waals surface area contributed by atoms with Crippen LogP contribution in [0.2, 0.25) is 0 Å². The number of aliphatic hydroxyl groups excluding tert-OH is 1. The van der Waals surface area contributed by atoms with E-state index in [4.69, 9.17) is 0 Å². The van der Waals surface area contributed by atoms with E-state index in [1.165, 1.54) is 45.1 Å². The molecule has 0 aromatic rings. The van der Waals surface area contributed by atoms with Gasteiger partial charge in [-0.3, -0.25) is 0 Å². The van der Waals surface area contributed by atoms with Crippen LogP contribution in [0, 0.1) is 11.8 Å². The van der Waals surface area contributed by atoms with Crippen molar-refractivity contribution < 1.29 is 5.11 Å². The molecule has 0 saturated heterocycles. The van der Waals surface area contributed by atoms with E-state index in [-0.39, 0.29) is 6.10 Å². The molecule has 0 aliphatic heterocycles. The van der Waals surface area contributed by atoms with Gasteiger partial charge >= 0.3 is 0 Å². The van der Waals surface area contributed by atoms with Gasteiger partial charge in [0.05, 0.1) is 6.10 Å². The molecule has 0 aromatic heterocycles. The van der Waals surface area contributed by atoms with Gasteiger partial charge < -0.3 is 10.4 Å². The zero-order valence-electron chi connectivity index (χ0n) is 9.75. The highest BCUT2D eigenvalue weighted by atomic mass is 16.3. The molecule has 2 rings (SSSR count). The van der Waals surface area contributed by atoms with Crippen LogP contribution in [0.25, 0.3) is 0 Å². The number of hydrogen-bond donors (Lipinski definition) is 2. The van der Waals surface area contributed by atoms with Crippen molar-refractivity contribution in [3.63, 3.8) is 0 Å². The first-order valence-electron chi connectivity index (χ1n) is 6.73. The molecule has 0 spiro atoms. The summed E-state index contributed by atoms with van der Waals surface area (Å²) in [6.45, 7) is 2.35. The van der Waals surface area contributed by atoms with E-state index in [0.29, 0.717) is 0 Å². The highest BCUT2D eigenvalue weighted by Crippen LogP contribution is 2.26. The fourth-order valence-corrected chi connectivity index (χ4v) is 2.93. The van der Waals surface area contributed by atoms with Crippen molar-refractivity contribution in [2.45, 2.75) is 57.5 Å². The average Bonchev–Trinajstić information content (AvgIpc) is 2.43. The van der Waals surface area contributed by atoms with Crippen LogP contribution in [0.4, 0.5) is 0 Å². The maximum absolute atomic E-state index is 9.18. The van der Waals surface area contributed by atoms with Crippen LogP contribution in [-0.2, 0) is 0 Å². The fourth-order valence-electron chi connectivity index (χ4n) is 2.93. The van der Waals surface area contributed by atoms with Gasteiger partial charge in [0.15, 0.2) is 0 Å². The fraction of sp³-hybridized carbons (Fsp3) is 1.00. The monoisotopic (exact) mass is 211 g/mol. The highest BCUT2D eigenvalue weighted by Gasteiger charge is 2.26. The Hall–Kier alpha value is -0.0800. The van der Waals surface area contributed by atoms with Crippen molar-refractivity contribution >= 4 is 0 Å². The topological polar surface area (TPSA) is 32.3 Å². The third kappa shape index (κ3) is 3.76. The summed E-state index contributed by atoms with van der Waals surface area (Å²) in [5.41, 5.74) is 0. The molecular formula is C13H25NO. The maximum Gasteiger partial charge on any atom is 0.0546 e. The van der Waals surface area contributed by atoms with Gasteiger partial charge in [-0.05, 0) is 50.6 Å². The summed E-state index contributed by atoms with van der Waals surface area (Å²) < 4.78 is 0. The molecule has 2 heteroatoms. The third-order valence-electron chi connectivity index (χ3n) is 4.05. The second kappa shape index (κ2) is 5.86. The molecule has 88 valence electrons. The molecule has 0 unspecified atom stereocenters. The predicted molar refractivity (Wildman–Crippen MR) is 62.8 cm³/mol. The minimum absolute atomic E-state index is 0.00896. The molecule has 0 atom stereocenters. The van der Waals surface area contributed by atoms with E-state index in [9.17, 15) is 5.11 Å². The van der Waals surface area contributed by atoms with Gasteiger partial charge in [0.25, 0.3) is 0 Å². The molecule has 2 nitrogen and oxygen atoms in total. The van der Waals surface area contributed by atoms with Crippen molar-refractivity contribution in [3.8, 4) is 0 Å². The lowest BCUT2D eigenvalue weighted by molar-refractivity contribution is 0.0427. The predicted octanol–water partition coefficient (Wildman–Crippen LogP) is 2.32. The smallest absolute Gasteiger partial charge is 0.0546 e. The molecule has 2 N–H and O–H groups in total. The summed E-state index contributed by atoms with van der Waals surface area (Å²) in [6, 6.07) is 0. The summed E-state index contributed by atoms with van der Waals surface area (Å²) >= 11 is 0. The van der Waals surface area contributed by atoms with Gasteiger partial charge in [0.2, 0.25) is 0 Å². The molecule has 2 aliphatic carbocycles. The van der Waals surface area contributed by atoms with E-state index in [1.807, 2.05) is 0 Å². The summed E-state index contributed by atoms with van der Waals surface area (Å²) in [5.74, 6) is 1.68. The minimum Gasteiger partial charge on any atom is -0.393 e. The van der Waals surface area contributed by atoms with Crippen molar-refractivity contribution in [3.05, 3.63) is 0 Å². The normalized spacial score (nSPS) is 33.4. The van der Waals surface area contributed by atoms with Crippen molar-refractivity contribution in [2.75, 3.05) is 13.1 Å². The van der Waals surface area contributed by atoms with E-state index in [2.05, 4.69) is 5.32 Å². The van der Waals surface area contributed by atoms with E-state index < -0.39 is 0 Å². The lowest BCUT2D eigenvalue weighted by atomic mass is 9.82. The van der Waals surface area contributed by atoms with Crippen LogP contribution >= 0.6 is 0 Å². The minimum atomic E-state index is 0.00896. The molecule has 0 amide bonds. The number of rotatable bonds is 4. The Morgan fingerprint density at radius 2 is 1.47 bits per heavy atom. The van der Waals surface area contributed by atoms with Crippen molar-refractivity contribution in [2.24, 2.45) is 11.8 Å². The van der Waals surface area contributed by atoms with E-state index in [0.717, 1.165) is 31.2 Å². The first-order chi connectivity index (χ1) is 7.34. The molecule has 2 aliphatic rings. The number of aliphatic hydroxyl groups is 1. The van der Waals surface area contributed by atoms with Gasteiger partial charge in [-0.2, -0.15) is 0 Å². The lowest BCUT2D eigenvalue weighted by Gasteiger charge is -2.32. The average molecular weight is 211 g/mol. The Balaban J connectivity index is 1.52. The van der Waals surface area contributed by atoms with E-state index in [1.54, 1.807) is 0 Å². The van der Waals surface area contributed by atoms with Crippen molar-refractivity contribution in [1.82, 2.24) is 5.32 Å². The Morgan fingerprint density at radius 3 is 2.07 bits per heavy atom. The second-order valence-corrected chi connectivity index (χ2v) is 5.51. The van der Waals surface area contributed by atoms with Crippen LogP contribution in [0.15, 0.2) is 0 Å². The molecule has 15 heavy (non-hydrogen) atoms. The first kappa shape index (κ1) is 11.4. The van der Waals surface area contributed by atoms with Crippen LogP contribution in [0.3, 0.4) is 0 Å². The molecule has 2 fully saturated rings. The first-order valence-corrected chi connectivity index (χ1v) is 6.73. The van der Waals surface area contributed by atoms with Gasteiger partial charge in [0, 0.05) is 0 Å². The van der Waals surface area contributed by atoms with Gasteiger partial charge in [-0.15, -0.1) is 0 Å². The Morgan fingerprint density at radius 1 is 0.867 bits per heavy atom.